The van der Waals surface area contributed by atoms with Gasteiger partial charge in [-0.3, -0.25) is 4.68 Å². The van der Waals surface area contributed by atoms with Gasteiger partial charge in [-0.2, -0.15) is 17.2 Å². The molecule has 0 saturated carbocycles. The van der Waals surface area contributed by atoms with E-state index in [0.29, 0.717) is 46.3 Å². The molecule has 5 nitrogen and oxygen atoms in total. The van der Waals surface area contributed by atoms with Crippen LogP contribution in [0, 0.1) is 36.5 Å². The van der Waals surface area contributed by atoms with Crippen LogP contribution in [0.15, 0.2) is 85.1 Å². The topological polar surface area (TPSA) is 44.9 Å². The van der Waals surface area contributed by atoms with Crippen molar-refractivity contribution < 1.29 is 39.0 Å². The minimum absolute atomic E-state index is 0. The van der Waals surface area contributed by atoms with E-state index in [9.17, 15) is 4.39 Å². The Kier molecular flexibility index (Phi) is 9.06. The van der Waals surface area contributed by atoms with Crippen LogP contribution in [0.25, 0.3) is 44.4 Å². The monoisotopic (exact) mass is 851 g/mol. The summed E-state index contributed by atoms with van der Waals surface area (Å²) >= 11 is 0. The van der Waals surface area contributed by atoms with Crippen molar-refractivity contribution in [2.24, 2.45) is 0 Å². The van der Waals surface area contributed by atoms with Crippen LogP contribution in [0.2, 0.25) is 0 Å². The van der Waals surface area contributed by atoms with E-state index in [1.165, 1.54) is 0 Å². The molecular formula is C41H35F3N4OPt. The quantitative estimate of drug-likeness (QED) is 0.162. The summed E-state index contributed by atoms with van der Waals surface area (Å²) in [5, 5.41) is 7.04. The molecule has 7 rings (SSSR count). The molecular weight excluding hydrogens is 817 g/mol. The summed E-state index contributed by atoms with van der Waals surface area (Å²) in [6.07, 6.45) is 1.79. The van der Waals surface area contributed by atoms with Crippen molar-refractivity contribution >= 4 is 21.8 Å². The van der Waals surface area contributed by atoms with Crippen LogP contribution in [0.5, 0.6) is 11.5 Å². The Labute approximate surface area is 304 Å². The predicted octanol–water partition coefficient (Wildman–Crippen LogP) is 10.7. The van der Waals surface area contributed by atoms with Gasteiger partial charge in [-0.15, -0.1) is 35.7 Å². The summed E-state index contributed by atoms with van der Waals surface area (Å²) < 4.78 is 55.0. The molecule has 7 aromatic rings. The molecule has 0 saturated heterocycles. The zero-order valence-electron chi connectivity index (χ0n) is 28.7. The van der Waals surface area contributed by atoms with Gasteiger partial charge < -0.3 is 9.30 Å². The van der Waals surface area contributed by atoms with Gasteiger partial charge in [-0.1, -0.05) is 65.3 Å². The van der Waals surface area contributed by atoms with Crippen LogP contribution in [0.1, 0.15) is 58.5 Å². The number of hydrogen-bond donors (Lipinski definition) is 0. The molecule has 3 aromatic heterocycles. The number of ether oxygens (including phenoxy) is 1. The van der Waals surface area contributed by atoms with E-state index in [-0.39, 0.29) is 26.6 Å². The van der Waals surface area contributed by atoms with Crippen LogP contribution in [0.4, 0.5) is 13.2 Å². The third-order valence-electron chi connectivity index (χ3n) is 8.45. The molecule has 50 heavy (non-hydrogen) atoms. The first kappa shape index (κ1) is 35.2. The average Bonchev–Trinajstić information content (AvgIpc) is 3.58. The zero-order valence-corrected chi connectivity index (χ0v) is 31.0. The van der Waals surface area contributed by atoms with Crippen molar-refractivity contribution in [3.63, 3.8) is 0 Å². The second kappa shape index (κ2) is 12.9. The summed E-state index contributed by atoms with van der Waals surface area (Å²) in [7, 11) is 0. The standard InChI is InChI=1S/C41H35F3N4O.Pt/c1-24-17-18-45-35(19-24)47-33-14-9-8-13-29(33)30-16-15-28(23-34(30)47)49-27-12-10-11-26(22-27)48-39(41(5,6)7)37(38(46-48)40(2,3)4)36-31(43)20-25(42)21-32(36)44;/h8-21H,1-7H3;/q-2;+2. The Hall–Kier alpha value is -4.68. The normalized spacial score (nSPS) is 12.0. The summed E-state index contributed by atoms with van der Waals surface area (Å²) in [6.45, 7) is 13.7. The molecule has 0 radical (unpaired) electrons. The van der Waals surface area contributed by atoms with E-state index in [4.69, 9.17) is 9.84 Å². The van der Waals surface area contributed by atoms with E-state index >= 15 is 8.78 Å². The average molecular weight is 852 g/mol. The third kappa shape index (κ3) is 6.26. The summed E-state index contributed by atoms with van der Waals surface area (Å²) in [5.74, 6) is -1.31. The Morgan fingerprint density at radius 3 is 2.10 bits per heavy atom. The molecule has 9 heteroatoms. The van der Waals surface area contributed by atoms with Crippen molar-refractivity contribution in [1.29, 1.82) is 0 Å². The number of halogens is 3. The van der Waals surface area contributed by atoms with Crippen molar-refractivity contribution in [1.82, 2.24) is 19.3 Å². The van der Waals surface area contributed by atoms with Gasteiger partial charge in [-0.25, -0.2) is 18.2 Å². The first-order valence-corrected chi connectivity index (χ1v) is 16.1. The first-order chi connectivity index (χ1) is 23.2. The van der Waals surface area contributed by atoms with Crippen LogP contribution in [-0.4, -0.2) is 19.3 Å². The zero-order chi connectivity index (χ0) is 34.8. The van der Waals surface area contributed by atoms with E-state index < -0.39 is 28.3 Å². The number of pyridine rings is 1. The fraction of sp³-hybridized carbons (Fsp3) is 0.220. The van der Waals surface area contributed by atoms with Gasteiger partial charge in [0.05, 0.1) is 17.0 Å². The summed E-state index contributed by atoms with van der Waals surface area (Å²) in [4.78, 5) is 4.65. The fourth-order valence-electron chi connectivity index (χ4n) is 6.38. The number of para-hydroxylation sites is 1. The molecule has 0 aliphatic carbocycles. The number of fused-ring (bicyclic) bond motifs is 3. The molecule has 0 atom stereocenters. The second-order valence-electron chi connectivity index (χ2n) is 14.4. The molecule has 0 unspecified atom stereocenters. The van der Waals surface area contributed by atoms with Crippen molar-refractivity contribution in [3.05, 3.63) is 132 Å². The van der Waals surface area contributed by atoms with Gasteiger partial charge >= 0.3 is 21.1 Å². The maximum Gasteiger partial charge on any atom is 2.00 e. The molecule has 0 aliphatic heterocycles. The number of aromatic nitrogens is 4. The molecule has 0 amide bonds. The van der Waals surface area contributed by atoms with Crippen LogP contribution in [0.3, 0.4) is 0 Å². The van der Waals surface area contributed by atoms with Crippen molar-refractivity contribution in [3.8, 4) is 34.1 Å². The maximum atomic E-state index is 15.4. The van der Waals surface area contributed by atoms with Gasteiger partial charge in [0.15, 0.2) is 0 Å². The molecule has 0 aliphatic rings. The number of benzene rings is 4. The Balaban J connectivity index is 0.00000432. The molecule has 0 spiro atoms. The molecule has 256 valence electrons. The fourth-order valence-corrected chi connectivity index (χ4v) is 6.38. The molecule has 3 heterocycles. The van der Waals surface area contributed by atoms with Gasteiger partial charge in [0, 0.05) is 51.7 Å². The minimum Gasteiger partial charge on any atom is -0.509 e. The minimum atomic E-state index is -0.988. The Morgan fingerprint density at radius 1 is 0.720 bits per heavy atom. The van der Waals surface area contributed by atoms with E-state index in [1.54, 1.807) is 16.9 Å². The van der Waals surface area contributed by atoms with Crippen LogP contribution in [-0.2, 0) is 31.9 Å². The van der Waals surface area contributed by atoms with Gasteiger partial charge in [0.2, 0.25) is 0 Å². The number of nitrogens with zero attached hydrogens (tertiary/aromatic N) is 4. The Morgan fingerprint density at radius 2 is 1.42 bits per heavy atom. The second-order valence-corrected chi connectivity index (χ2v) is 14.4. The van der Waals surface area contributed by atoms with Crippen LogP contribution >= 0.6 is 0 Å². The molecule has 0 fully saturated rings. The van der Waals surface area contributed by atoms with Gasteiger partial charge in [0.25, 0.3) is 0 Å². The number of aryl methyl sites for hydroxylation is 1. The molecule has 0 bridgehead atoms. The van der Waals surface area contributed by atoms with E-state index in [1.807, 2.05) is 97.0 Å². The van der Waals surface area contributed by atoms with Crippen molar-refractivity contribution in [2.75, 3.05) is 0 Å². The van der Waals surface area contributed by atoms with Crippen LogP contribution < -0.4 is 4.74 Å². The van der Waals surface area contributed by atoms with Gasteiger partial charge in [-0.05, 0) is 41.8 Å². The third-order valence-corrected chi connectivity index (χ3v) is 8.45. The van der Waals surface area contributed by atoms with Crippen molar-refractivity contribution in [2.45, 2.75) is 59.3 Å². The summed E-state index contributed by atoms with van der Waals surface area (Å²) in [5.41, 5.74) is 3.19. The van der Waals surface area contributed by atoms with Gasteiger partial charge in [0.1, 0.15) is 23.3 Å². The predicted molar refractivity (Wildman–Crippen MR) is 187 cm³/mol. The smallest absolute Gasteiger partial charge is 0.509 e. The Bertz CT molecular complexity index is 2380. The maximum absolute atomic E-state index is 15.4. The molecule has 4 aromatic carbocycles. The largest absolute Gasteiger partial charge is 2.00 e. The molecule has 0 N–H and O–H groups in total. The number of hydrogen-bond acceptors (Lipinski definition) is 3. The van der Waals surface area contributed by atoms with E-state index in [2.05, 4.69) is 33.8 Å². The SMILES string of the molecule is Cc1ccnc(-n2c3[c-]c(Oc4[c-]c(-n5nc(C(C)(C)C)c(-c6c(F)cc(F)cc6F)c5C(C)(C)C)ccc4)ccc3c3ccccc32)c1.[Pt+2]. The number of rotatable bonds is 5. The first-order valence-electron chi connectivity index (χ1n) is 16.1. The summed E-state index contributed by atoms with van der Waals surface area (Å²) in [6, 6.07) is 29.6. The van der Waals surface area contributed by atoms with E-state index in [0.717, 1.165) is 33.2 Å².